The normalized spacial score (nSPS) is 18.0. The van der Waals surface area contributed by atoms with Crippen LogP contribution in [0.4, 0.5) is 11.4 Å². The maximum atomic E-state index is 13.5. The van der Waals surface area contributed by atoms with Gasteiger partial charge in [-0.05, 0) is 48.7 Å². The molecule has 7 heteroatoms. The molecule has 3 aromatic carbocycles. The predicted octanol–water partition coefficient (Wildman–Crippen LogP) is 3.62. The number of para-hydroxylation sites is 3. The quantitative estimate of drug-likeness (QED) is 0.632. The summed E-state index contributed by atoms with van der Waals surface area (Å²) >= 11 is 0. The number of carbonyl (C=O) groups excluding carboxylic acids is 1. The van der Waals surface area contributed by atoms with Crippen LogP contribution in [0.25, 0.3) is 0 Å². The van der Waals surface area contributed by atoms with Gasteiger partial charge in [0.15, 0.2) is 6.10 Å². The van der Waals surface area contributed by atoms with E-state index in [0.717, 1.165) is 24.1 Å². The highest BCUT2D eigenvalue weighted by molar-refractivity contribution is 7.92. The number of sulfonamides is 1. The molecule has 0 saturated heterocycles. The number of aryl methyl sites for hydroxylation is 1. The summed E-state index contributed by atoms with van der Waals surface area (Å²) in [6, 6.07) is 23.0. The molecule has 6 nitrogen and oxygen atoms in total. The highest BCUT2D eigenvalue weighted by Gasteiger charge is 2.39. The third kappa shape index (κ3) is 3.45. The zero-order valence-electron chi connectivity index (χ0n) is 16.8. The van der Waals surface area contributed by atoms with Crippen molar-refractivity contribution in [1.29, 1.82) is 0 Å². The molecular weight excluding hydrogens is 412 g/mol. The smallest absolute Gasteiger partial charge is 0.269 e. The molecular formula is C24H22N2O4S. The number of benzene rings is 3. The van der Waals surface area contributed by atoms with Crippen molar-refractivity contribution in [2.45, 2.75) is 23.8 Å². The van der Waals surface area contributed by atoms with E-state index in [2.05, 4.69) is 0 Å². The first-order valence-corrected chi connectivity index (χ1v) is 11.7. The summed E-state index contributed by atoms with van der Waals surface area (Å²) in [4.78, 5) is 15.4. The van der Waals surface area contributed by atoms with E-state index in [-0.39, 0.29) is 17.3 Å². The first-order chi connectivity index (χ1) is 15.1. The molecule has 2 heterocycles. The Labute approximate surface area is 181 Å². The Bertz CT molecular complexity index is 1230. The number of rotatable bonds is 3. The van der Waals surface area contributed by atoms with Crippen molar-refractivity contribution in [2.75, 3.05) is 22.3 Å². The molecule has 0 fully saturated rings. The number of hydrogen-bond acceptors (Lipinski definition) is 4. The fraction of sp³-hybridized carbons (Fsp3) is 0.208. The predicted molar refractivity (Wildman–Crippen MR) is 119 cm³/mol. The fourth-order valence-corrected chi connectivity index (χ4v) is 5.71. The Kier molecular flexibility index (Phi) is 4.90. The van der Waals surface area contributed by atoms with Crippen LogP contribution in [0.3, 0.4) is 0 Å². The molecule has 0 N–H and O–H groups in total. The third-order valence-electron chi connectivity index (χ3n) is 5.72. The van der Waals surface area contributed by atoms with Gasteiger partial charge in [0.2, 0.25) is 0 Å². The van der Waals surface area contributed by atoms with Crippen LogP contribution in [0.1, 0.15) is 12.0 Å². The first kappa shape index (κ1) is 19.6. The van der Waals surface area contributed by atoms with E-state index in [1.807, 2.05) is 24.3 Å². The maximum absolute atomic E-state index is 13.5. The Hall–Kier alpha value is -3.32. The van der Waals surface area contributed by atoms with Gasteiger partial charge in [0.1, 0.15) is 5.75 Å². The minimum Gasteiger partial charge on any atom is -0.476 e. The number of ether oxygens (including phenoxy) is 1. The highest BCUT2D eigenvalue weighted by Crippen LogP contribution is 2.38. The molecule has 1 amide bonds. The van der Waals surface area contributed by atoms with Gasteiger partial charge in [-0.2, -0.15) is 0 Å². The van der Waals surface area contributed by atoms with E-state index in [1.165, 1.54) is 4.31 Å². The summed E-state index contributed by atoms with van der Waals surface area (Å²) in [6.45, 7) is 0.508. The van der Waals surface area contributed by atoms with E-state index in [1.54, 1.807) is 59.5 Å². The lowest BCUT2D eigenvalue weighted by molar-refractivity contribution is -0.125. The number of hydrogen-bond donors (Lipinski definition) is 0. The van der Waals surface area contributed by atoms with Gasteiger partial charge in [-0.15, -0.1) is 0 Å². The second-order valence-corrected chi connectivity index (χ2v) is 9.51. The second kappa shape index (κ2) is 7.74. The lowest BCUT2D eigenvalue weighted by Crippen LogP contribution is -2.52. The zero-order valence-corrected chi connectivity index (χ0v) is 17.7. The molecule has 2 aliphatic rings. The fourth-order valence-electron chi connectivity index (χ4n) is 4.21. The molecule has 0 aliphatic carbocycles. The van der Waals surface area contributed by atoms with Gasteiger partial charge in [-0.25, -0.2) is 8.42 Å². The van der Waals surface area contributed by atoms with Crippen molar-refractivity contribution >= 4 is 27.3 Å². The van der Waals surface area contributed by atoms with E-state index >= 15 is 0 Å². The van der Waals surface area contributed by atoms with Gasteiger partial charge in [0.05, 0.1) is 17.1 Å². The van der Waals surface area contributed by atoms with Crippen LogP contribution in [-0.2, 0) is 21.2 Å². The monoisotopic (exact) mass is 434 g/mol. The minimum absolute atomic E-state index is 0.0776. The van der Waals surface area contributed by atoms with E-state index in [4.69, 9.17) is 4.74 Å². The SMILES string of the molecule is O=C([C@@H]1CN(S(=O)(=O)c2ccccc2)c2ccccc2O1)N1CCCc2ccccc21. The van der Waals surface area contributed by atoms with Crippen LogP contribution < -0.4 is 13.9 Å². The summed E-state index contributed by atoms with van der Waals surface area (Å²) in [5.41, 5.74) is 2.43. The van der Waals surface area contributed by atoms with Crippen LogP contribution >= 0.6 is 0 Å². The van der Waals surface area contributed by atoms with Gasteiger partial charge in [-0.3, -0.25) is 9.10 Å². The molecule has 3 aromatic rings. The van der Waals surface area contributed by atoms with Gasteiger partial charge in [-0.1, -0.05) is 48.5 Å². The Morgan fingerprint density at radius 1 is 0.871 bits per heavy atom. The summed E-state index contributed by atoms with van der Waals surface area (Å²) in [7, 11) is -3.85. The molecule has 0 bridgehead atoms. The second-order valence-electron chi connectivity index (χ2n) is 7.65. The summed E-state index contributed by atoms with van der Waals surface area (Å²) in [5.74, 6) is 0.159. The van der Waals surface area contributed by atoms with Crippen molar-refractivity contribution < 1.29 is 17.9 Å². The molecule has 0 spiro atoms. The molecule has 1 atom stereocenters. The lowest BCUT2D eigenvalue weighted by Gasteiger charge is -2.38. The third-order valence-corrected chi connectivity index (χ3v) is 7.51. The summed E-state index contributed by atoms with van der Waals surface area (Å²) in [6.07, 6.45) is 0.848. The number of anilines is 2. The average Bonchev–Trinajstić information content (AvgIpc) is 2.83. The van der Waals surface area contributed by atoms with E-state index in [0.29, 0.717) is 18.0 Å². The molecule has 0 aromatic heterocycles. The van der Waals surface area contributed by atoms with Crippen molar-refractivity contribution in [3.63, 3.8) is 0 Å². The zero-order chi connectivity index (χ0) is 21.4. The van der Waals surface area contributed by atoms with E-state index in [9.17, 15) is 13.2 Å². The molecule has 158 valence electrons. The highest BCUT2D eigenvalue weighted by atomic mass is 32.2. The standard InChI is InChI=1S/C24H22N2O4S/c27-24(25-16-8-10-18-9-4-5-13-20(18)25)23-17-26(21-14-6-7-15-22(21)30-23)31(28,29)19-11-2-1-3-12-19/h1-7,9,11-15,23H,8,10,16-17H2/t23-/m0/s1. The largest absolute Gasteiger partial charge is 0.476 e. The Morgan fingerprint density at radius 2 is 1.55 bits per heavy atom. The van der Waals surface area contributed by atoms with Crippen LogP contribution in [0, 0.1) is 0 Å². The van der Waals surface area contributed by atoms with Gasteiger partial charge in [0.25, 0.3) is 15.9 Å². The Balaban J connectivity index is 1.52. The van der Waals surface area contributed by atoms with Gasteiger partial charge < -0.3 is 9.64 Å². The summed E-state index contributed by atoms with van der Waals surface area (Å²) < 4.78 is 34.2. The summed E-state index contributed by atoms with van der Waals surface area (Å²) in [5, 5.41) is 0. The first-order valence-electron chi connectivity index (χ1n) is 10.3. The van der Waals surface area contributed by atoms with Crippen molar-refractivity contribution in [3.8, 4) is 5.75 Å². The topological polar surface area (TPSA) is 66.9 Å². The molecule has 0 radical (unpaired) electrons. The van der Waals surface area contributed by atoms with E-state index < -0.39 is 16.1 Å². The minimum atomic E-state index is -3.85. The Morgan fingerprint density at radius 3 is 2.35 bits per heavy atom. The van der Waals surface area contributed by atoms with Crippen LogP contribution in [-0.4, -0.2) is 33.5 Å². The van der Waals surface area contributed by atoms with Crippen molar-refractivity contribution in [2.24, 2.45) is 0 Å². The number of nitrogens with zero attached hydrogens (tertiary/aromatic N) is 2. The van der Waals surface area contributed by atoms with Crippen LogP contribution in [0.15, 0.2) is 83.8 Å². The molecule has 0 saturated carbocycles. The van der Waals surface area contributed by atoms with Crippen LogP contribution in [0.5, 0.6) is 5.75 Å². The number of carbonyl (C=O) groups is 1. The number of amides is 1. The lowest BCUT2D eigenvalue weighted by atomic mass is 10.0. The van der Waals surface area contributed by atoms with Crippen molar-refractivity contribution in [3.05, 3.63) is 84.4 Å². The molecule has 5 rings (SSSR count). The average molecular weight is 435 g/mol. The van der Waals surface area contributed by atoms with Gasteiger partial charge >= 0.3 is 0 Å². The molecule has 2 aliphatic heterocycles. The molecule has 0 unspecified atom stereocenters. The number of fused-ring (bicyclic) bond motifs is 2. The van der Waals surface area contributed by atoms with Crippen molar-refractivity contribution in [1.82, 2.24) is 0 Å². The van der Waals surface area contributed by atoms with Crippen LogP contribution in [0.2, 0.25) is 0 Å². The maximum Gasteiger partial charge on any atom is 0.269 e. The van der Waals surface area contributed by atoms with Gasteiger partial charge in [0, 0.05) is 12.2 Å². The molecule has 31 heavy (non-hydrogen) atoms.